The van der Waals surface area contributed by atoms with Crippen LogP contribution in [0.15, 0.2) is 23.3 Å². The van der Waals surface area contributed by atoms with Crippen molar-refractivity contribution in [1.29, 1.82) is 0 Å². The first-order valence-electron chi connectivity index (χ1n) is 5.51. The van der Waals surface area contributed by atoms with Crippen molar-refractivity contribution in [1.82, 2.24) is 0 Å². The van der Waals surface area contributed by atoms with E-state index in [0.717, 1.165) is 0 Å². The Morgan fingerprint density at radius 2 is 0.926 bits per heavy atom. The van der Waals surface area contributed by atoms with Gasteiger partial charge in [-0.1, -0.05) is 0 Å². The maximum Gasteiger partial charge on any atom is 0.460 e. The molecule has 0 spiro atoms. The molecule has 0 saturated carbocycles. The van der Waals surface area contributed by atoms with Gasteiger partial charge in [0.25, 0.3) is 0 Å². The van der Waals surface area contributed by atoms with Crippen LogP contribution in [0.1, 0.15) is 0 Å². The Kier molecular flexibility index (Phi) is 6.28. The van der Waals surface area contributed by atoms with Crippen LogP contribution in [0.2, 0.25) is 0 Å². The number of hydrogen-bond donors (Lipinski definition) is 1. The molecule has 0 radical (unpaired) electrons. The van der Waals surface area contributed by atoms with Crippen molar-refractivity contribution in [2.24, 2.45) is 0 Å². The van der Waals surface area contributed by atoms with E-state index in [-0.39, 0.29) is 0 Å². The summed E-state index contributed by atoms with van der Waals surface area (Å²) in [5.74, 6) is -51.1. The Bertz CT molecular complexity index is 669. The molecule has 0 aromatic heterocycles. The van der Waals surface area contributed by atoms with Crippen molar-refractivity contribution in [3.63, 3.8) is 0 Å². The second kappa shape index (κ2) is 6.81. The van der Waals surface area contributed by atoms with Crippen molar-refractivity contribution in [2.45, 2.75) is 29.9 Å². The van der Waals surface area contributed by atoms with Crippen molar-refractivity contribution in [2.75, 3.05) is 0 Å². The molecule has 1 N–H and O–H groups in total. The van der Waals surface area contributed by atoms with Gasteiger partial charge in [0, 0.05) is 0 Å². The first-order valence-corrected chi connectivity index (χ1v) is 5.51. The molecule has 0 aromatic rings. The lowest BCUT2D eigenvalue weighted by atomic mass is 9.97. The molecule has 0 heterocycles. The zero-order chi connectivity index (χ0) is 22.4. The minimum atomic E-state index is -8.13. The summed E-state index contributed by atoms with van der Waals surface area (Å²) in [6.07, 6.45) is -7.59. The predicted molar refractivity (Wildman–Crippen MR) is 52.0 cm³/mol. The number of carbonyl (C=O) groups is 1. The predicted octanol–water partition coefficient (Wildman–Crippen LogP) is 5.48. The number of carboxylic acid groups (broad SMARTS) is 1. The molecule has 0 aliphatic carbocycles. The molecule has 0 rings (SSSR count). The lowest BCUT2D eigenvalue weighted by molar-refractivity contribution is -0.419. The Morgan fingerprint density at radius 1 is 0.556 bits per heavy atom. The molecule has 158 valence electrons. The zero-order valence-corrected chi connectivity index (χ0v) is 11.5. The van der Waals surface area contributed by atoms with E-state index in [0.29, 0.717) is 0 Å². The molecule has 0 atom stereocenters. The van der Waals surface area contributed by atoms with Gasteiger partial charge in [-0.3, -0.25) is 0 Å². The zero-order valence-electron chi connectivity index (χ0n) is 11.5. The highest BCUT2D eigenvalue weighted by atomic mass is 19.4. The number of halogens is 15. The molecule has 17 heteroatoms. The third-order valence-electron chi connectivity index (χ3n) is 2.58. The molecule has 0 amide bonds. The smallest absolute Gasteiger partial charge is 0.460 e. The van der Waals surface area contributed by atoms with Crippen LogP contribution < -0.4 is 0 Å². The average molecular weight is 438 g/mol. The lowest BCUT2D eigenvalue weighted by Gasteiger charge is -2.36. The normalized spacial score (nSPS) is 16.7. The Hall–Kier alpha value is -2.10. The van der Waals surface area contributed by atoms with Crippen LogP contribution in [0, 0.1) is 0 Å². The first-order chi connectivity index (χ1) is 11.6. The maximum absolute atomic E-state index is 13.0. The largest absolute Gasteiger partial charge is 0.476 e. The molecule has 2 nitrogen and oxygen atoms in total. The fraction of sp³-hybridized carbons (Fsp3) is 0.500. The maximum atomic E-state index is 13.0. The van der Waals surface area contributed by atoms with Gasteiger partial charge >= 0.3 is 35.8 Å². The van der Waals surface area contributed by atoms with Crippen LogP contribution in [0.3, 0.4) is 0 Å². The van der Waals surface area contributed by atoms with Crippen molar-refractivity contribution >= 4 is 5.97 Å². The van der Waals surface area contributed by atoms with Crippen molar-refractivity contribution in [3.8, 4) is 0 Å². The lowest BCUT2D eigenvalue weighted by Crippen LogP contribution is -2.66. The Balaban J connectivity index is 6.62. The average Bonchev–Trinajstić information content (AvgIpc) is 2.49. The summed E-state index contributed by atoms with van der Waals surface area (Å²) >= 11 is 0. The molecule has 0 fully saturated rings. The van der Waals surface area contributed by atoms with Crippen LogP contribution in [0.4, 0.5) is 65.9 Å². The second-order valence-corrected chi connectivity index (χ2v) is 4.36. The summed E-state index contributed by atoms with van der Waals surface area (Å²) in [7, 11) is 0. The highest BCUT2D eigenvalue weighted by Gasteiger charge is 2.88. The van der Waals surface area contributed by atoms with Gasteiger partial charge in [0.05, 0.1) is 0 Å². The molecule has 27 heavy (non-hydrogen) atoms. The van der Waals surface area contributed by atoms with Gasteiger partial charge < -0.3 is 5.11 Å². The summed E-state index contributed by atoms with van der Waals surface area (Å²) in [5.41, 5.74) is 0. The molecule has 0 bridgehead atoms. The van der Waals surface area contributed by atoms with E-state index in [1.807, 2.05) is 0 Å². The minimum absolute atomic E-state index is 3.14. The Labute approximate surface area is 136 Å². The van der Waals surface area contributed by atoms with Crippen molar-refractivity contribution < 1.29 is 75.8 Å². The highest BCUT2D eigenvalue weighted by Crippen LogP contribution is 2.59. The molecular weight excluding hydrogens is 437 g/mol. The molecular formula is C10HF15O2. The quantitative estimate of drug-likeness (QED) is 0.339. The molecule has 0 unspecified atom stereocenters. The topological polar surface area (TPSA) is 37.3 Å². The van der Waals surface area contributed by atoms with Gasteiger partial charge in [0.1, 0.15) is 0 Å². The number of carboxylic acids is 1. The standard InChI is InChI=1S/C10HF15O2/c11-1(3(13)5(26)27)2(12)4(14)6(15,16)7(17,18)8(19,20)9(21,22)10(23,24)25/h(H,26,27)/b3-1+,4-2+. The van der Waals surface area contributed by atoms with Crippen LogP contribution in [-0.2, 0) is 4.79 Å². The van der Waals surface area contributed by atoms with E-state index in [4.69, 9.17) is 5.11 Å². The third kappa shape index (κ3) is 3.67. The summed E-state index contributed by atoms with van der Waals surface area (Å²) in [4.78, 5) is 9.85. The number of rotatable bonds is 6. The van der Waals surface area contributed by atoms with Gasteiger partial charge in [-0.15, -0.1) is 0 Å². The van der Waals surface area contributed by atoms with Gasteiger partial charge in [0.2, 0.25) is 17.5 Å². The van der Waals surface area contributed by atoms with E-state index < -0.39 is 59.1 Å². The number of hydrogen-bond acceptors (Lipinski definition) is 1. The summed E-state index contributed by atoms with van der Waals surface area (Å²) in [6, 6.07) is 0. The highest BCUT2D eigenvalue weighted by molar-refractivity contribution is 5.85. The SMILES string of the molecule is O=C(O)/C(F)=C(F)/C(F)=C(\F)C(F)(F)C(F)(F)C(F)(F)C(F)(F)C(F)(F)F. The molecule has 0 aromatic carbocycles. The van der Waals surface area contributed by atoms with Crippen LogP contribution in [-0.4, -0.2) is 40.9 Å². The van der Waals surface area contributed by atoms with Crippen LogP contribution in [0.5, 0.6) is 0 Å². The first kappa shape index (κ1) is 24.9. The fourth-order valence-electron chi connectivity index (χ4n) is 1.13. The third-order valence-corrected chi connectivity index (χ3v) is 2.58. The second-order valence-electron chi connectivity index (χ2n) is 4.36. The molecule has 0 saturated heterocycles. The van der Waals surface area contributed by atoms with Crippen LogP contribution in [0.25, 0.3) is 0 Å². The summed E-state index contributed by atoms with van der Waals surface area (Å²) in [5, 5.41) is 7.81. The summed E-state index contributed by atoms with van der Waals surface area (Å²) in [6.45, 7) is 0. The molecule has 0 aliphatic heterocycles. The van der Waals surface area contributed by atoms with Gasteiger partial charge in [-0.2, -0.15) is 52.7 Å². The van der Waals surface area contributed by atoms with E-state index >= 15 is 0 Å². The van der Waals surface area contributed by atoms with E-state index in [9.17, 15) is 70.7 Å². The fourth-order valence-corrected chi connectivity index (χ4v) is 1.13. The van der Waals surface area contributed by atoms with E-state index in [1.165, 1.54) is 0 Å². The summed E-state index contributed by atoms with van der Waals surface area (Å²) < 4.78 is 189. The van der Waals surface area contributed by atoms with Crippen LogP contribution >= 0.6 is 0 Å². The van der Waals surface area contributed by atoms with Gasteiger partial charge in [-0.05, 0) is 0 Å². The number of alkyl halides is 11. The van der Waals surface area contributed by atoms with E-state index in [1.54, 1.807) is 0 Å². The minimum Gasteiger partial charge on any atom is -0.476 e. The monoisotopic (exact) mass is 438 g/mol. The Morgan fingerprint density at radius 3 is 1.22 bits per heavy atom. The molecule has 0 aliphatic rings. The number of aliphatic carboxylic acids is 1. The van der Waals surface area contributed by atoms with Crippen molar-refractivity contribution in [3.05, 3.63) is 23.3 Å². The van der Waals surface area contributed by atoms with Gasteiger partial charge in [0.15, 0.2) is 5.83 Å². The van der Waals surface area contributed by atoms with Gasteiger partial charge in [-0.25, -0.2) is 18.0 Å². The van der Waals surface area contributed by atoms with E-state index in [2.05, 4.69) is 0 Å². The number of allylic oxidation sites excluding steroid dienone is 3.